The van der Waals surface area contributed by atoms with Crippen LogP contribution in [-0.2, 0) is 94.2 Å². The van der Waals surface area contributed by atoms with E-state index in [9.17, 15) is 38.4 Å². The highest BCUT2D eigenvalue weighted by Crippen LogP contribution is 2.11. The fourth-order valence-electron chi connectivity index (χ4n) is 4.02. The number of carbonyl (C=O) groups excluding carboxylic acids is 8. The fourth-order valence-corrected chi connectivity index (χ4v) is 4.02. The Hall–Kier alpha value is -5.84. The molecule has 0 amide bonds. The number of esters is 8. The second-order valence-corrected chi connectivity index (χ2v) is 12.1. The first-order valence-corrected chi connectivity index (χ1v) is 17.2. The summed E-state index contributed by atoms with van der Waals surface area (Å²) in [7, 11) is 0. The largest absolute Gasteiger partial charge is 0.458 e. The van der Waals surface area contributed by atoms with Gasteiger partial charge in [-0.2, -0.15) is 0 Å². The van der Waals surface area contributed by atoms with Crippen LogP contribution < -0.4 is 0 Å². The van der Waals surface area contributed by atoms with Gasteiger partial charge in [-0.05, 0) is 66.5 Å². The van der Waals surface area contributed by atoms with Gasteiger partial charge in [-0.15, -0.1) is 0 Å². The molecule has 55 heavy (non-hydrogen) atoms. The van der Waals surface area contributed by atoms with E-state index in [1.807, 2.05) is 0 Å². The molecule has 2 aromatic rings. The number of hydrogen-bond acceptors (Lipinski definition) is 17. The van der Waals surface area contributed by atoms with Gasteiger partial charge in [0.05, 0.1) is 0 Å². The van der Waals surface area contributed by atoms with E-state index >= 15 is 0 Å². The number of carbonyl (C=O) groups is 8. The highest BCUT2D eigenvalue weighted by Gasteiger charge is 2.33. The minimum absolute atomic E-state index is 0.0392. The summed E-state index contributed by atoms with van der Waals surface area (Å²) in [5, 5.41) is 0. The summed E-state index contributed by atoms with van der Waals surface area (Å²) >= 11 is 0. The van der Waals surface area contributed by atoms with Gasteiger partial charge in [0.15, 0.2) is 48.8 Å². The summed E-state index contributed by atoms with van der Waals surface area (Å²) < 4.78 is 45.6. The molecule has 0 bridgehead atoms. The molecule has 0 saturated carbocycles. The summed E-state index contributed by atoms with van der Waals surface area (Å²) in [5.74, 6) is -8.19. The van der Waals surface area contributed by atoms with Crippen LogP contribution in [0.1, 0.15) is 66.5 Å². The van der Waals surface area contributed by atoms with Gasteiger partial charge in [-0.1, -0.05) is 60.7 Å². The Labute approximate surface area is 317 Å². The predicted molar refractivity (Wildman–Crippen MR) is 186 cm³/mol. The number of hydrogen-bond donors (Lipinski definition) is 0. The van der Waals surface area contributed by atoms with Crippen molar-refractivity contribution >= 4 is 47.8 Å². The van der Waals surface area contributed by atoms with Crippen LogP contribution in [0.15, 0.2) is 60.7 Å². The zero-order valence-corrected chi connectivity index (χ0v) is 31.7. The van der Waals surface area contributed by atoms with Crippen LogP contribution in [-0.4, -0.2) is 96.6 Å². The van der Waals surface area contributed by atoms with Crippen molar-refractivity contribution in [3.63, 3.8) is 0 Å². The van der Waals surface area contributed by atoms with Crippen molar-refractivity contribution in [1.29, 1.82) is 0 Å². The molecule has 0 N–H and O–H groups in total. The lowest BCUT2D eigenvalue weighted by molar-refractivity contribution is -0.189. The quantitative estimate of drug-likeness (QED) is 0.139. The lowest BCUT2D eigenvalue weighted by Gasteiger charge is -2.22. The molecule has 0 unspecified atom stereocenters. The maximum Gasteiger partial charge on any atom is 0.347 e. The van der Waals surface area contributed by atoms with E-state index in [2.05, 4.69) is 0 Å². The van der Waals surface area contributed by atoms with Gasteiger partial charge < -0.3 is 42.6 Å². The minimum Gasteiger partial charge on any atom is -0.458 e. The molecule has 17 heteroatoms. The summed E-state index contributed by atoms with van der Waals surface area (Å²) in [6.45, 7) is 9.61. The molecule has 0 aliphatic carbocycles. The van der Waals surface area contributed by atoms with E-state index < -0.39 is 96.6 Å². The lowest BCUT2D eigenvalue weighted by Crippen LogP contribution is -2.39. The smallest absolute Gasteiger partial charge is 0.347 e. The second kappa shape index (κ2) is 22.4. The summed E-state index contributed by atoms with van der Waals surface area (Å²) in [6.07, 6.45) is -11.5. The average Bonchev–Trinajstić information content (AvgIpc) is 3.16. The van der Waals surface area contributed by atoms with Crippen LogP contribution in [0.5, 0.6) is 0 Å². The molecule has 0 radical (unpaired) electrons. The summed E-state index contributed by atoms with van der Waals surface area (Å²) in [5.41, 5.74) is 1.45. The average molecular weight is 775 g/mol. The highest BCUT2D eigenvalue weighted by molar-refractivity contribution is 5.86. The molecular formula is C38H46O17. The van der Waals surface area contributed by atoms with Gasteiger partial charge in [0.2, 0.25) is 0 Å². The lowest BCUT2D eigenvalue weighted by atomic mass is 10.2. The molecule has 8 atom stereocenters. The van der Waals surface area contributed by atoms with Crippen molar-refractivity contribution in [2.75, 3.05) is 0 Å². The Morgan fingerprint density at radius 2 is 0.564 bits per heavy atom. The molecule has 300 valence electrons. The van der Waals surface area contributed by atoms with Crippen LogP contribution in [0.4, 0.5) is 0 Å². The van der Waals surface area contributed by atoms with Crippen molar-refractivity contribution in [2.45, 2.75) is 117 Å². The summed E-state index contributed by atoms with van der Waals surface area (Å²) in [4.78, 5) is 99.2. The molecular weight excluding hydrogens is 728 g/mol. The fraction of sp³-hybridized carbons (Fsp3) is 0.474. The highest BCUT2D eigenvalue weighted by atomic mass is 16.7. The molecule has 17 nitrogen and oxygen atoms in total. The first-order chi connectivity index (χ1) is 25.9. The van der Waals surface area contributed by atoms with Gasteiger partial charge in [0.1, 0.15) is 13.2 Å². The molecule has 0 aliphatic rings. The molecule has 0 heterocycles. The standard InChI is InChI=1S/C38H46O17/c1-21(31(39)47-19-29-15-11-9-12-16-29)50-35(43)25(5)54-37(45)27(7)52-33(41)23(3)49-24(4)34(42)53-28(8)38(46)55-26(6)36(44)51-22(2)32(40)48-20-30-17-13-10-14-18-30/h9-18,21-28H,19-20H2,1-8H3/t21-,22-,23-,24-,25-,26-,27-,28-/m0/s1. The van der Waals surface area contributed by atoms with Crippen LogP contribution in [0.3, 0.4) is 0 Å². The Kier molecular flexibility index (Phi) is 18.5. The van der Waals surface area contributed by atoms with Crippen molar-refractivity contribution in [3.05, 3.63) is 71.8 Å². The van der Waals surface area contributed by atoms with Crippen molar-refractivity contribution < 1.29 is 81.0 Å². The molecule has 2 aromatic carbocycles. The molecule has 0 saturated heterocycles. The predicted octanol–water partition coefficient (Wildman–Crippen LogP) is 2.86. The van der Waals surface area contributed by atoms with Gasteiger partial charge >= 0.3 is 47.8 Å². The number of ether oxygens (including phenoxy) is 9. The maximum absolute atomic E-state index is 12.6. The van der Waals surface area contributed by atoms with Crippen LogP contribution >= 0.6 is 0 Å². The Morgan fingerprint density at radius 3 is 0.818 bits per heavy atom. The van der Waals surface area contributed by atoms with Crippen molar-refractivity contribution in [2.24, 2.45) is 0 Å². The van der Waals surface area contributed by atoms with Gasteiger partial charge in [0.25, 0.3) is 0 Å². The van der Waals surface area contributed by atoms with Crippen LogP contribution in [0.2, 0.25) is 0 Å². The molecule has 0 spiro atoms. The van der Waals surface area contributed by atoms with E-state index in [0.29, 0.717) is 0 Å². The van der Waals surface area contributed by atoms with E-state index in [1.54, 1.807) is 60.7 Å². The summed E-state index contributed by atoms with van der Waals surface area (Å²) in [6, 6.07) is 17.6. The second-order valence-electron chi connectivity index (χ2n) is 12.1. The zero-order chi connectivity index (χ0) is 41.2. The topological polar surface area (TPSA) is 220 Å². The SMILES string of the molecule is C[C@H](OC(=O)[C@H](C)OC(=O)[C@H](C)OC(=O)[C@H](C)O[C@@H](C)C(=O)O[C@@H](C)C(=O)O[C@@H](C)C(=O)O[C@@H](C)C(=O)OCc1ccccc1)C(=O)OCc1ccccc1. The van der Waals surface area contributed by atoms with Crippen molar-refractivity contribution in [3.8, 4) is 0 Å². The maximum atomic E-state index is 12.6. The van der Waals surface area contributed by atoms with Crippen LogP contribution in [0.25, 0.3) is 0 Å². The Bertz CT molecular complexity index is 1510. The van der Waals surface area contributed by atoms with E-state index in [0.717, 1.165) is 25.0 Å². The monoisotopic (exact) mass is 774 g/mol. The van der Waals surface area contributed by atoms with E-state index in [-0.39, 0.29) is 13.2 Å². The molecule has 0 aromatic heterocycles. The first-order valence-electron chi connectivity index (χ1n) is 17.2. The van der Waals surface area contributed by atoms with Crippen LogP contribution in [0, 0.1) is 0 Å². The third-order valence-corrected chi connectivity index (χ3v) is 7.27. The molecule has 0 aliphatic heterocycles. The van der Waals surface area contributed by atoms with Gasteiger partial charge in [-0.25, -0.2) is 38.4 Å². The molecule has 2 rings (SSSR count). The normalized spacial score (nSPS) is 15.1. The zero-order valence-electron chi connectivity index (χ0n) is 31.7. The van der Waals surface area contributed by atoms with Gasteiger partial charge in [0, 0.05) is 0 Å². The third-order valence-electron chi connectivity index (χ3n) is 7.27. The van der Waals surface area contributed by atoms with E-state index in [4.69, 9.17) is 42.6 Å². The number of rotatable bonds is 20. The minimum atomic E-state index is -1.53. The van der Waals surface area contributed by atoms with Crippen molar-refractivity contribution in [1.82, 2.24) is 0 Å². The van der Waals surface area contributed by atoms with Gasteiger partial charge in [-0.3, -0.25) is 0 Å². The third kappa shape index (κ3) is 16.0. The first kappa shape index (κ1) is 45.3. The Morgan fingerprint density at radius 1 is 0.345 bits per heavy atom. The number of benzene rings is 2. The molecule has 0 fully saturated rings. The van der Waals surface area contributed by atoms with E-state index in [1.165, 1.54) is 41.5 Å². The Balaban J connectivity index is 1.73.